The molecule has 2 rings (SSSR count). The van der Waals surface area contributed by atoms with Gasteiger partial charge in [0.1, 0.15) is 5.82 Å². The summed E-state index contributed by atoms with van der Waals surface area (Å²) >= 11 is 0. The summed E-state index contributed by atoms with van der Waals surface area (Å²) < 4.78 is 73.0. The summed E-state index contributed by atoms with van der Waals surface area (Å²) in [5.74, 6) is -3.32. The van der Waals surface area contributed by atoms with Crippen molar-refractivity contribution < 1.29 is 30.8 Å². The molecule has 1 N–H and O–H groups in total. The molecule has 1 amide bonds. The van der Waals surface area contributed by atoms with Crippen LogP contribution in [0.15, 0.2) is 18.2 Å². The molecule has 4 nitrogen and oxygen atoms in total. The number of benzene rings is 1. The zero-order valence-corrected chi connectivity index (χ0v) is 11.4. The predicted molar refractivity (Wildman–Crippen MR) is 66.8 cm³/mol. The van der Waals surface area contributed by atoms with E-state index in [-0.39, 0.29) is 23.6 Å². The number of amides is 1. The number of carbonyl (C=O) groups excluding carboxylic acids is 1. The van der Waals surface area contributed by atoms with Crippen molar-refractivity contribution >= 4 is 21.4 Å². The molecular formula is C12H11F4NO3S. The van der Waals surface area contributed by atoms with Gasteiger partial charge in [0.2, 0.25) is 5.91 Å². The third-order valence-electron chi connectivity index (χ3n) is 3.15. The Bertz CT molecular complexity index is 670. The third-order valence-corrected chi connectivity index (χ3v) is 4.91. The molecule has 0 aromatic heterocycles. The van der Waals surface area contributed by atoms with Crippen LogP contribution in [-0.2, 0) is 20.8 Å². The van der Waals surface area contributed by atoms with Crippen LogP contribution < -0.4 is 5.32 Å². The molecule has 21 heavy (non-hydrogen) atoms. The van der Waals surface area contributed by atoms with Crippen molar-refractivity contribution in [3.05, 3.63) is 29.6 Å². The summed E-state index contributed by atoms with van der Waals surface area (Å²) in [6, 6.07) is 2.01. The lowest BCUT2D eigenvalue weighted by atomic mass is 10.1. The Morgan fingerprint density at radius 1 is 1.29 bits per heavy atom. The van der Waals surface area contributed by atoms with Crippen LogP contribution in [-0.4, -0.2) is 25.8 Å². The zero-order valence-electron chi connectivity index (χ0n) is 10.6. The fourth-order valence-corrected chi connectivity index (χ4v) is 3.81. The SMILES string of the molecule is O=C(Nc1ccc(C(F)(F)F)c(F)c1)C1CCS(=O)(=O)C1. The molecule has 0 aliphatic carbocycles. The van der Waals surface area contributed by atoms with Gasteiger partial charge in [-0.2, -0.15) is 13.2 Å². The highest BCUT2D eigenvalue weighted by molar-refractivity contribution is 7.91. The van der Waals surface area contributed by atoms with Crippen molar-refractivity contribution in [2.45, 2.75) is 12.6 Å². The molecule has 0 spiro atoms. The highest BCUT2D eigenvalue weighted by Gasteiger charge is 2.35. The van der Waals surface area contributed by atoms with Crippen LogP contribution in [0.5, 0.6) is 0 Å². The largest absolute Gasteiger partial charge is 0.419 e. The molecule has 1 atom stereocenters. The second-order valence-electron chi connectivity index (χ2n) is 4.78. The standard InChI is InChI=1S/C12H11F4NO3S/c13-10-5-8(1-2-9(10)12(14,15)16)17-11(18)7-3-4-21(19,20)6-7/h1-2,5,7H,3-4,6H2,(H,17,18). The van der Waals surface area contributed by atoms with Gasteiger partial charge >= 0.3 is 6.18 Å². The van der Waals surface area contributed by atoms with Crippen molar-refractivity contribution in [2.24, 2.45) is 5.92 Å². The Morgan fingerprint density at radius 2 is 1.95 bits per heavy atom. The van der Waals surface area contributed by atoms with Gasteiger partial charge < -0.3 is 5.32 Å². The second kappa shape index (κ2) is 5.28. The molecule has 1 unspecified atom stereocenters. The Labute approximate surface area is 118 Å². The molecule has 1 aliphatic rings. The van der Waals surface area contributed by atoms with Crippen molar-refractivity contribution in [1.82, 2.24) is 0 Å². The zero-order chi connectivity index (χ0) is 15.8. The van der Waals surface area contributed by atoms with Gasteiger partial charge in [-0.25, -0.2) is 12.8 Å². The normalized spacial score (nSPS) is 21.2. The fourth-order valence-electron chi connectivity index (χ4n) is 2.07. The number of hydrogen-bond acceptors (Lipinski definition) is 3. The van der Waals surface area contributed by atoms with Gasteiger partial charge in [-0.15, -0.1) is 0 Å². The van der Waals surface area contributed by atoms with E-state index < -0.39 is 39.2 Å². The van der Waals surface area contributed by atoms with Crippen LogP contribution in [0, 0.1) is 11.7 Å². The molecule has 116 valence electrons. The smallest absolute Gasteiger partial charge is 0.326 e. The Kier molecular flexibility index (Phi) is 3.96. The van der Waals surface area contributed by atoms with E-state index in [9.17, 15) is 30.8 Å². The molecule has 1 aromatic rings. The van der Waals surface area contributed by atoms with Gasteiger partial charge in [-0.05, 0) is 24.6 Å². The average molecular weight is 325 g/mol. The van der Waals surface area contributed by atoms with Gasteiger partial charge in [-0.3, -0.25) is 4.79 Å². The van der Waals surface area contributed by atoms with Gasteiger partial charge in [0.25, 0.3) is 0 Å². The van der Waals surface area contributed by atoms with E-state index in [4.69, 9.17) is 0 Å². The lowest BCUT2D eigenvalue weighted by Crippen LogP contribution is -2.23. The van der Waals surface area contributed by atoms with Crippen molar-refractivity contribution in [2.75, 3.05) is 16.8 Å². The molecule has 1 heterocycles. The van der Waals surface area contributed by atoms with Gasteiger partial charge in [0.05, 0.1) is 23.0 Å². The quantitative estimate of drug-likeness (QED) is 0.848. The molecule has 9 heteroatoms. The van der Waals surface area contributed by atoms with Crippen LogP contribution in [0.4, 0.5) is 23.2 Å². The first-order valence-corrected chi connectivity index (χ1v) is 7.79. The second-order valence-corrected chi connectivity index (χ2v) is 7.01. The lowest BCUT2D eigenvalue weighted by Gasteiger charge is -2.12. The van der Waals surface area contributed by atoms with E-state index in [1.807, 2.05) is 0 Å². The molecular weight excluding hydrogens is 314 g/mol. The van der Waals surface area contributed by atoms with Crippen LogP contribution in [0.2, 0.25) is 0 Å². The molecule has 1 aliphatic heterocycles. The Morgan fingerprint density at radius 3 is 2.43 bits per heavy atom. The average Bonchev–Trinajstić information content (AvgIpc) is 2.68. The monoisotopic (exact) mass is 325 g/mol. The summed E-state index contributed by atoms with van der Waals surface area (Å²) in [7, 11) is -3.25. The number of halogens is 4. The van der Waals surface area contributed by atoms with Crippen LogP contribution >= 0.6 is 0 Å². The Hall–Kier alpha value is -1.64. The van der Waals surface area contributed by atoms with E-state index in [1.54, 1.807) is 0 Å². The summed E-state index contributed by atoms with van der Waals surface area (Å²) in [6.07, 6.45) is -4.66. The van der Waals surface area contributed by atoms with E-state index in [2.05, 4.69) is 5.32 Å². The number of nitrogens with one attached hydrogen (secondary N) is 1. The number of anilines is 1. The molecule has 0 saturated carbocycles. The molecule has 1 aromatic carbocycles. The van der Waals surface area contributed by atoms with E-state index in [0.717, 1.165) is 6.07 Å². The number of hydrogen-bond donors (Lipinski definition) is 1. The van der Waals surface area contributed by atoms with Crippen LogP contribution in [0.3, 0.4) is 0 Å². The Balaban J connectivity index is 2.11. The first-order valence-electron chi connectivity index (χ1n) is 5.96. The van der Waals surface area contributed by atoms with E-state index in [0.29, 0.717) is 12.1 Å². The fraction of sp³-hybridized carbons (Fsp3) is 0.417. The first kappa shape index (κ1) is 15.7. The summed E-state index contributed by atoms with van der Waals surface area (Å²) in [4.78, 5) is 11.8. The van der Waals surface area contributed by atoms with Crippen molar-refractivity contribution in [3.8, 4) is 0 Å². The summed E-state index contributed by atoms with van der Waals surface area (Å²) in [5.41, 5.74) is -1.57. The van der Waals surface area contributed by atoms with Crippen molar-refractivity contribution in [1.29, 1.82) is 0 Å². The summed E-state index contributed by atoms with van der Waals surface area (Å²) in [6.45, 7) is 0. The number of sulfone groups is 1. The minimum absolute atomic E-state index is 0.105. The van der Waals surface area contributed by atoms with Gasteiger partial charge in [0.15, 0.2) is 9.84 Å². The summed E-state index contributed by atoms with van der Waals surface area (Å²) in [5, 5.41) is 2.23. The van der Waals surface area contributed by atoms with E-state index >= 15 is 0 Å². The van der Waals surface area contributed by atoms with Gasteiger partial charge in [-0.1, -0.05) is 0 Å². The third kappa shape index (κ3) is 3.72. The maximum absolute atomic E-state index is 13.3. The lowest BCUT2D eigenvalue weighted by molar-refractivity contribution is -0.139. The minimum Gasteiger partial charge on any atom is -0.326 e. The molecule has 0 radical (unpaired) electrons. The van der Waals surface area contributed by atoms with E-state index in [1.165, 1.54) is 0 Å². The van der Waals surface area contributed by atoms with Crippen LogP contribution in [0.25, 0.3) is 0 Å². The number of alkyl halides is 3. The number of carbonyl (C=O) groups is 1. The molecule has 0 bridgehead atoms. The first-order chi connectivity index (χ1) is 9.58. The highest BCUT2D eigenvalue weighted by atomic mass is 32.2. The van der Waals surface area contributed by atoms with Crippen molar-refractivity contribution in [3.63, 3.8) is 0 Å². The molecule has 1 fully saturated rings. The van der Waals surface area contributed by atoms with Crippen LogP contribution in [0.1, 0.15) is 12.0 Å². The molecule has 1 saturated heterocycles. The maximum atomic E-state index is 13.3. The topological polar surface area (TPSA) is 63.2 Å². The predicted octanol–water partition coefficient (Wildman–Crippen LogP) is 2.22. The maximum Gasteiger partial charge on any atom is 0.419 e. The minimum atomic E-state index is -4.81. The number of rotatable bonds is 2. The highest BCUT2D eigenvalue weighted by Crippen LogP contribution is 2.32. The van der Waals surface area contributed by atoms with Gasteiger partial charge in [0, 0.05) is 5.69 Å².